The Hall–Kier alpha value is -15.9. The Bertz CT molecular complexity index is 6990. The number of ether oxygens (including phenoxy) is 5. The molecule has 0 saturated carbocycles. The summed E-state index contributed by atoms with van der Waals surface area (Å²) in [4.78, 5) is 127. The van der Waals surface area contributed by atoms with Crippen LogP contribution in [0, 0.1) is 25.6 Å². The van der Waals surface area contributed by atoms with Crippen molar-refractivity contribution >= 4 is 88.2 Å². The highest BCUT2D eigenvalue weighted by molar-refractivity contribution is 6.42. The Balaban J connectivity index is 0.000000188. The lowest BCUT2D eigenvalue weighted by atomic mass is 9.86. The molecule has 12 aromatic carbocycles. The Kier molecular flexibility index (Phi) is 38.4. The number of fused-ring (bicyclic) bond motifs is 2. The largest absolute Gasteiger partial charge is 0.494 e. The lowest BCUT2D eigenvalue weighted by Gasteiger charge is -2.42. The molecule has 4 heterocycles. The standard InChI is InChI=1S/C50H47Cl2N3O4.C35H32FN3O7.C34H41NO6.CO2/c1-4-44(37-8-6-5-7-9-37)55-30-40-29-47-45(54(3)50(57)48(59-47)38-19-21-41(22-20-38)58-31-34-14-23-42(51)43(52)26-34)27-39(40)28-46(55)49(56)53-25-24-33-12-17-36(18-13-33)35-15-10-32(2)11-16-35;1-20-5-8-22(9-6-20)29-15-16-30(44-29)28(40)19-24(33(41)42)17-21-7-14-26(27(36)18-21)31-38-32(46-39-31)23-10-12-25(13-11-23)37-34(43)45-35(2,3)4;1-5-6-7-8-9-22-40-28-20-14-26(15-21-28)33(39)41-29-18-10-24(11-19-29)23-30(32(37)38)35-31(36)25-12-16-27(17-13-25)34(2,3)4;2-1-3/h5-23,26-27,29,44,46,48H,4,24-25,28,30-31H2,1-3H3,(H,53,56);5-16,18,24H,17,19H2,1-4H3,(H,37,43)(H,41,42);10-21,30H,5-9,22-23H2,1-4H3,(H,35,36)(H,37,38);/t44-,46-,48-;;30-;/m0.0./s1. The van der Waals surface area contributed by atoms with E-state index < -0.39 is 71.2 Å². The molecule has 770 valence electrons. The minimum Gasteiger partial charge on any atom is -0.494 e. The number of aromatic nitrogens is 2. The molecule has 149 heavy (non-hydrogen) atoms. The maximum Gasteiger partial charge on any atom is 0.412 e. The Labute approximate surface area is 875 Å². The number of ketones is 1. The number of anilines is 2. The summed E-state index contributed by atoms with van der Waals surface area (Å²) >= 11 is 12.2. The first-order chi connectivity index (χ1) is 71.5. The van der Waals surface area contributed by atoms with Gasteiger partial charge in [0, 0.05) is 67.0 Å². The SMILES string of the molecule is CCCCCCCOc1ccc(C(=O)Oc2ccc(C[C@H](NC(=O)c3ccc(C(C)(C)C)cc3)C(=O)O)cc2)cc1.CC[C@@H](c1ccccc1)N1Cc2cc3c(cc2C[C@H]1C(=O)NCCc1ccc(-c2ccc(C)cc2)cc1)N(C)C(=O)[C@H](c1ccc(OCc2ccc(Cl)c(Cl)c2)cc1)O3.Cc1ccc(-c2ccc(C(=O)CC(Cc3ccc(-c4noc(-c5ccc(NC(=O)OC(C)(C)C)cc5)n4)c(F)c3)C(=O)O)o2)cc1.O=C=O. The van der Waals surface area contributed by atoms with Gasteiger partial charge in [0.2, 0.25) is 17.8 Å². The predicted molar refractivity (Wildman–Crippen MR) is 569 cm³/mol. The summed E-state index contributed by atoms with van der Waals surface area (Å²) in [7, 11) is 1.78. The van der Waals surface area contributed by atoms with Crippen molar-refractivity contribution < 1.29 is 95.2 Å². The number of furan rings is 1. The summed E-state index contributed by atoms with van der Waals surface area (Å²) in [6, 6.07) is 85.1. The van der Waals surface area contributed by atoms with Gasteiger partial charge in [-0.2, -0.15) is 14.6 Å². The molecule has 5 N–H and O–H groups in total. The first kappa shape index (κ1) is 110. The van der Waals surface area contributed by atoms with Crippen molar-refractivity contribution in [2.24, 2.45) is 5.92 Å². The minimum atomic E-state index is -1.18. The molecule has 0 fully saturated rings. The highest BCUT2D eigenvalue weighted by Gasteiger charge is 2.41. The molecule has 29 heteroatoms. The van der Waals surface area contributed by atoms with Crippen molar-refractivity contribution in [1.29, 1.82) is 0 Å². The summed E-state index contributed by atoms with van der Waals surface area (Å²) in [5, 5.41) is 32.9. The number of halogens is 3. The molecule has 5 atom stereocenters. The van der Waals surface area contributed by atoms with E-state index in [1.54, 1.807) is 142 Å². The lowest BCUT2D eigenvalue weighted by molar-refractivity contribution is -0.192. The van der Waals surface area contributed by atoms with Crippen LogP contribution in [-0.4, -0.2) is 117 Å². The van der Waals surface area contributed by atoms with E-state index in [4.69, 9.17) is 65.4 Å². The van der Waals surface area contributed by atoms with Crippen LogP contribution in [0.1, 0.15) is 205 Å². The molecule has 2 aliphatic heterocycles. The number of nitrogens with one attached hydrogen (secondary N) is 3. The van der Waals surface area contributed by atoms with Crippen molar-refractivity contribution in [2.45, 2.75) is 188 Å². The molecular weight excluding hydrogens is 1930 g/mol. The number of carbonyl (C=O) groups excluding carboxylic acids is 8. The molecule has 0 saturated heterocycles. The molecule has 16 rings (SSSR count). The van der Waals surface area contributed by atoms with E-state index >= 15 is 4.39 Å². The summed E-state index contributed by atoms with van der Waals surface area (Å²) in [5.74, 6) is -2.64. The van der Waals surface area contributed by atoms with Crippen molar-refractivity contribution in [3.63, 3.8) is 0 Å². The zero-order valence-electron chi connectivity index (χ0n) is 84.9. The van der Waals surface area contributed by atoms with Crippen LogP contribution in [0.25, 0.3) is 45.3 Å². The third kappa shape index (κ3) is 31.1. The second-order valence-corrected chi connectivity index (χ2v) is 39.4. The molecule has 2 aromatic heterocycles. The normalized spacial score (nSPS) is 13.7. The van der Waals surface area contributed by atoms with Crippen LogP contribution in [0.3, 0.4) is 0 Å². The second kappa shape index (κ2) is 51.9. The molecule has 0 spiro atoms. The van der Waals surface area contributed by atoms with E-state index in [1.165, 1.54) is 65.3 Å². The summed E-state index contributed by atoms with van der Waals surface area (Å²) in [6.45, 7) is 22.0. The fourth-order valence-electron chi connectivity index (χ4n) is 17.1. The molecule has 4 amide bonds. The zero-order valence-corrected chi connectivity index (χ0v) is 86.4. The van der Waals surface area contributed by atoms with Crippen LogP contribution >= 0.6 is 23.2 Å². The monoisotopic (exact) mass is 2050 g/mol. The minimum absolute atomic E-state index is 0.00201. The molecule has 0 bridgehead atoms. The predicted octanol–water partition coefficient (Wildman–Crippen LogP) is 25.3. The number of benzene rings is 12. The molecular formula is C120H120Cl2FN7O19. The Morgan fingerprint density at radius 2 is 1.21 bits per heavy atom. The van der Waals surface area contributed by atoms with Crippen molar-refractivity contribution in [3.05, 3.63) is 379 Å². The van der Waals surface area contributed by atoms with Gasteiger partial charge in [-0.15, -0.1) is 0 Å². The first-order valence-corrected chi connectivity index (χ1v) is 50.1. The van der Waals surface area contributed by atoms with Gasteiger partial charge in [0.25, 0.3) is 17.7 Å². The number of carbonyl (C=O) groups is 8. The second-order valence-electron chi connectivity index (χ2n) is 38.6. The fourth-order valence-corrected chi connectivity index (χ4v) is 17.4. The lowest BCUT2D eigenvalue weighted by Crippen LogP contribution is -2.51. The van der Waals surface area contributed by atoms with Crippen LogP contribution in [0.5, 0.6) is 23.0 Å². The van der Waals surface area contributed by atoms with Crippen LogP contribution in [0.2, 0.25) is 10.0 Å². The molecule has 2 aliphatic rings. The van der Waals surface area contributed by atoms with Gasteiger partial charge >= 0.3 is 30.2 Å². The summed E-state index contributed by atoms with van der Waals surface area (Å²) < 4.78 is 55.2. The number of Topliss-reactive ketones (excluding diaryl/α,β-unsaturated/α-hetero) is 1. The van der Waals surface area contributed by atoms with Gasteiger partial charge in [-0.25, -0.2) is 18.8 Å². The van der Waals surface area contributed by atoms with Gasteiger partial charge in [0.15, 0.2) is 11.5 Å². The van der Waals surface area contributed by atoms with Gasteiger partial charge in [-0.3, -0.25) is 34.2 Å². The van der Waals surface area contributed by atoms with E-state index in [-0.39, 0.29) is 71.7 Å². The average Bonchev–Trinajstić information content (AvgIpc) is 1.28. The van der Waals surface area contributed by atoms with Crippen LogP contribution in [0.4, 0.5) is 20.6 Å². The number of carboxylic acid groups (broad SMARTS) is 2. The topological polar surface area (TPSA) is 352 Å². The number of aryl methyl sites for hydroxylation is 2. The molecule has 26 nitrogen and oxygen atoms in total. The number of unbranched alkanes of at least 4 members (excludes halogenated alkanes) is 4. The van der Waals surface area contributed by atoms with E-state index in [0.717, 1.165) is 64.6 Å². The van der Waals surface area contributed by atoms with Gasteiger partial charge in [0.05, 0.1) is 45.4 Å². The van der Waals surface area contributed by atoms with E-state index in [1.807, 2.05) is 85.8 Å². The molecule has 0 aliphatic carbocycles. The summed E-state index contributed by atoms with van der Waals surface area (Å²) in [6.07, 6.45) is 6.42. The van der Waals surface area contributed by atoms with Crippen molar-refractivity contribution in [2.75, 3.05) is 30.4 Å². The van der Waals surface area contributed by atoms with E-state index in [2.05, 4.69) is 151 Å². The summed E-state index contributed by atoms with van der Waals surface area (Å²) in [5.41, 5.74) is 15.6. The fraction of sp³-hybridized carbons (Fsp3) is 0.275. The number of rotatable bonds is 36. The number of esters is 1. The van der Waals surface area contributed by atoms with Gasteiger partial charge in [-0.05, 0) is 261 Å². The zero-order chi connectivity index (χ0) is 107. The van der Waals surface area contributed by atoms with E-state index in [9.17, 15) is 48.6 Å². The number of likely N-dealkylation sites (N-methyl/N-ethyl adjacent to an activating group) is 1. The highest BCUT2D eigenvalue weighted by Crippen LogP contribution is 2.45. The van der Waals surface area contributed by atoms with Crippen LogP contribution in [-0.2, 0) is 77.8 Å². The third-order valence-corrected chi connectivity index (χ3v) is 26.0. The maximum atomic E-state index is 15.2. The van der Waals surface area contributed by atoms with Gasteiger partial charge in [-0.1, -0.05) is 251 Å². The average molecular weight is 2050 g/mol. The van der Waals surface area contributed by atoms with Gasteiger partial charge in [0.1, 0.15) is 52.8 Å². The quantitative estimate of drug-likeness (QED) is 0.0105. The van der Waals surface area contributed by atoms with Gasteiger partial charge < -0.3 is 58.4 Å². The van der Waals surface area contributed by atoms with Crippen LogP contribution < -0.4 is 39.8 Å². The first-order valence-electron chi connectivity index (χ1n) is 49.3. The number of amides is 4. The van der Waals surface area contributed by atoms with Crippen molar-refractivity contribution in [1.82, 2.24) is 25.7 Å². The highest BCUT2D eigenvalue weighted by atomic mass is 35.5. The Morgan fingerprint density at radius 3 is 1.83 bits per heavy atom. The number of carboxylic acids is 2. The van der Waals surface area contributed by atoms with E-state index in [0.29, 0.717) is 111 Å². The number of hydrogen-bond donors (Lipinski definition) is 5. The number of aliphatic carboxylic acids is 2. The molecule has 14 aromatic rings. The maximum absolute atomic E-state index is 15.2. The Morgan fingerprint density at radius 1 is 0.604 bits per heavy atom. The molecule has 0 radical (unpaired) electrons. The van der Waals surface area contributed by atoms with Crippen molar-refractivity contribution in [3.8, 4) is 68.3 Å². The number of hydrogen-bond acceptors (Lipinski definition) is 20. The third-order valence-electron chi connectivity index (χ3n) is 25.3. The van der Waals surface area contributed by atoms with Crippen LogP contribution in [0.15, 0.2) is 294 Å². The number of nitrogens with zero attached hydrogens (tertiary/aromatic N) is 4. The molecule has 1 unspecified atom stereocenters. The smallest absolute Gasteiger partial charge is 0.412 e.